The largest absolute Gasteiger partial charge is 0.491 e. The van der Waals surface area contributed by atoms with Gasteiger partial charge in [0.05, 0.1) is 6.61 Å². The summed E-state index contributed by atoms with van der Waals surface area (Å²) in [5.41, 5.74) is 12.7. The van der Waals surface area contributed by atoms with E-state index in [1.807, 2.05) is 49.1 Å². The summed E-state index contributed by atoms with van der Waals surface area (Å²) >= 11 is 0. The summed E-state index contributed by atoms with van der Waals surface area (Å²) in [5.74, 6) is 0.789. The molecule has 0 saturated carbocycles. The second kappa shape index (κ2) is 12.8. The van der Waals surface area contributed by atoms with Crippen molar-refractivity contribution >= 4 is 0 Å². The lowest BCUT2D eigenvalue weighted by Crippen LogP contribution is -2.04. The number of aromatic nitrogens is 4. The van der Waals surface area contributed by atoms with E-state index in [1.54, 1.807) is 24.8 Å². The summed E-state index contributed by atoms with van der Waals surface area (Å²) in [6.45, 7) is 1.24. The standard InChI is InChI=1S/C41H30N4O2/c1-5-28(22-42-9-1)32-13-33(29-6-2-10-43-23-29)16-36(15-32)38-19-39(21-40(20-38)46-26-41-27-47-41)37-17-34(30-7-3-11-44-24-30)14-35(18-37)31-8-4-12-45-25-31/h1-25,41H,26-27H2. The third-order valence-corrected chi connectivity index (χ3v) is 8.26. The van der Waals surface area contributed by atoms with Gasteiger partial charge in [0.15, 0.2) is 0 Å². The lowest BCUT2D eigenvalue weighted by atomic mass is 9.91. The number of epoxide rings is 1. The quantitative estimate of drug-likeness (QED) is 0.152. The van der Waals surface area contributed by atoms with Gasteiger partial charge in [-0.15, -0.1) is 0 Å². The Morgan fingerprint density at radius 3 is 1.02 bits per heavy atom. The van der Waals surface area contributed by atoms with Crippen LogP contribution in [0.4, 0.5) is 0 Å². The van der Waals surface area contributed by atoms with Crippen LogP contribution in [0.3, 0.4) is 0 Å². The first-order chi connectivity index (χ1) is 23.2. The molecule has 8 rings (SSSR count). The second-order valence-corrected chi connectivity index (χ2v) is 11.6. The van der Waals surface area contributed by atoms with E-state index >= 15 is 0 Å². The molecule has 1 aliphatic rings. The van der Waals surface area contributed by atoms with Gasteiger partial charge >= 0.3 is 0 Å². The highest BCUT2D eigenvalue weighted by atomic mass is 16.6. The molecule has 1 fully saturated rings. The minimum Gasteiger partial charge on any atom is -0.491 e. The predicted molar refractivity (Wildman–Crippen MR) is 185 cm³/mol. The molecule has 1 unspecified atom stereocenters. The van der Waals surface area contributed by atoms with Crippen LogP contribution in [0.2, 0.25) is 0 Å². The van der Waals surface area contributed by atoms with Crippen LogP contribution < -0.4 is 4.74 Å². The van der Waals surface area contributed by atoms with Gasteiger partial charge in [-0.3, -0.25) is 19.9 Å². The zero-order valence-electron chi connectivity index (χ0n) is 25.5. The molecule has 4 aromatic heterocycles. The molecule has 0 bridgehead atoms. The van der Waals surface area contributed by atoms with Gasteiger partial charge < -0.3 is 9.47 Å². The average Bonchev–Trinajstić information content (AvgIpc) is 4.00. The molecule has 0 N–H and O–H groups in total. The van der Waals surface area contributed by atoms with E-state index in [2.05, 4.69) is 98.8 Å². The topological polar surface area (TPSA) is 73.3 Å². The first kappa shape index (κ1) is 28.5. The molecular weight excluding hydrogens is 580 g/mol. The Balaban J connectivity index is 1.31. The summed E-state index contributed by atoms with van der Waals surface area (Å²) in [6.07, 6.45) is 14.9. The van der Waals surface area contributed by atoms with E-state index in [0.717, 1.165) is 79.1 Å². The fraction of sp³-hybridized carbons (Fsp3) is 0.0732. The van der Waals surface area contributed by atoms with E-state index in [-0.39, 0.29) is 6.10 Å². The zero-order valence-corrected chi connectivity index (χ0v) is 25.5. The molecule has 3 aromatic carbocycles. The highest BCUT2D eigenvalue weighted by molar-refractivity contribution is 5.86. The number of benzene rings is 3. The highest BCUT2D eigenvalue weighted by Gasteiger charge is 2.23. The first-order valence-electron chi connectivity index (χ1n) is 15.6. The second-order valence-electron chi connectivity index (χ2n) is 11.6. The monoisotopic (exact) mass is 610 g/mol. The van der Waals surface area contributed by atoms with Gasteiger partial charge in [0.2, 0.25) is 0 Å². The van der Waals surface area contributed by atoms with Crippen LogP contribution >= 0.6 is 0 Å². The molecule has 1 aliphatic heterocycles. The Morgan fingerprint density at radius 2 is 0.745 bits per heavy atom. The van der Waals surface area contributed by atoms with E-state index in [1.165, 1.54) is 0 Å². The van der Waals surface area contributed by atoms with Crippen molar-refractivity contribution in [1.29, 1.82) is 0 Å². The van der Waals surface area contributed by atoms with Gasteiger partial charge in [-0.05, 0) is 123 Å². The van der Waals surface area contributed by atoms with Crippen molar-refractivity contribution in [3.05, 3.63) is 153 Å². The van der Waals surface area contributed by atoms with Crippen LogP contribution in [0.5, 0.6) is 5.75 Å². The van der Waals surface area contributed by atoms with Gasteiger partial charge in [-0.2, -0.15) is 0 Å². The summed E-state index contributed by atoms with van der Waals surface area (Å²) in [4.78, 5) is 17.6. The molecule has 5 heterocycles. The van der Waals surface area contributed by atoms with Crippen LogP contribution in [0.15, 0.2) is 153 Å². The average molecular weight is 611 g/mol. The summed E-state index contributed by atoms with van der Waals surface area (Å²) < 4.78 is 11.8. The van der Waals surface area contributed by atoms with Gasteiger partial charge in [-0.1, -0.05) is 24.3 Å². The molecule has 1 atom stereocenters. The van der Waals surface area contributed by atoms with Crippen LogP contribution in [0.25, 0.3) is 66.8 Å². The third-order valence-electron chi connectivity index (χ3n) is 8.26. The minimum absolute atomic E-state index is 0.138. The molecule has 0 aliphatic carbocycles. The fourth-order valence-corrected chi connectivity index (χ4v) is 5.76. The Kier molecular flexibility index (Phi) is 7.75. The molecule has 47 heavy (non-hydrogen) atoms. The maximum atomic E-state index is 6.35. The minimum atomic E-state index is 0.138. The SMILES string of the molecule is c1cncc(-c2cc(-c3cccnc3)cc(-c3cc(OCC4CO4)cc(-c4cc(-c5cccnc5)cc(-c5cccnc5)c4)c3)c2)c1. The van der Waals surface area contributed by atoms with Gasteiger partial charge in [-0.25, -0.2) is 0 Å². The van der Waals surface area contributed by atoms with Gasteiger partial charge in [0.25, 0.3) is 0 Å². The lowest BCUT2D eigenvalue weighted by Gasteiger charge is -2.16. The number of nitrogens with zero attached hydrogens (tertiary/aromatic N) is 4. The predicted octanol–water partition coefficient (Wildman–Crippen LogP) is 9.05. The smallest absolute Gasteiger partial charge is 0.120 e. The molecule has 0 amide bonds. The van der Waals surface area contributed by atoms with Crippen molar-refractivity contribution in [2.75, 3.05) is 13.2 Å². The Bertz CT molecular complexity index is 1880. The molecule has 6 heteroatoms. The zero-order chi connectivity index (χ0) is 31.4. The van der Waals surface area contributed by atoms with E-state index in [4.69, 9.17) is 9.47 Å². The molecule has 6 nitrogen and oxygen atoms in total. The van der Waals surface area contributed by atoms with Crippen LogP contribution in [-0.4, -0.2) is 39.3 Å². The van der Waals surface area contributed by atoms with Crippen LogP contribution in [-0.2, 0) is 4.74 Å². The van der Waals surface area contributed by atoms with Crippen molar-refractivity contribution in [2.45, 2.75) is 6.10 Å². The lowest BCUT2D eigenvalue weighted by molar-refractivity contribution is 0.263. The van der Waals surface area contributed by atoms with Crippen molar-refractivity contribution in [3.8, 4) is 72.5 Å². The molecule has 0 spiro atoms. The summed E-state index contributed by atoms with van der Waals surface area (Å²) in [6, 6.07) is 36.0. The number of hydrogen-bond donors (Lipinski definition) is 0. The normalized spacial score (nSPS) is 13.7. The number of pyridine rings is 4. The number of hydrogen-bond acceptors (Lipinski definition) is 6. The highest BCUT2D eigenvalue weighted by Crippen LogP contribution is 2.39. The molecular formula is C41H30N4O2. The van der Waals surface area contributed by atoms with Crippen molar-refractivity contribution < 1.29 is 9.47 Å². The maximum Gasteiger partial charge on any atom is 0.120 e. The number of ether oxygens (including phenoxy) is 2. The molecule has 226 valence electrons. The van der Waals surface area contributed by atoms with Crippen molar-refractivity contribution in [2.24, 2.45) is 0 Å². The Morgan fingerprint density at radius 1 is 0.447 bits per heavy atom. The van der Waals surface area contributed by atoms with E-state index in [9.17, 15) is 0 Å². The van der Waals surface area contributed by atoms with Gasteiger partial charge in [0, 0.05) is 71.8 Å². The maximum absolute atomic E-state index is 6.35. The molecule has 0 radical (unpaired) electrons. The molecule has 1 saturated heterocycles. The van der Waals surface area contributed by atoms with Crippen LogP contribution in [0, 0.1) is 0 Å². The third kappa shape index (κ3) is 6.54. The summed E-state index contributed by atoms with van der Waals surface area (Å²) in [7, 11) is 0. The van der Waals surface area contributed by atoms with Crippen molar-refractivity contribution in [3.63, 3.8) is 0 Å². The fourth-order valence-electron chi connectivity index (χ4n) is 5.76. The summed E-state index contributed by atoms with van der Waals surface area (Å²) in [5, 5.41) is 0. The Labute approximate surface area is 273 Å². The number of rotatable bonds is 9. The van der Waals surface area contributed by atoms with E-state index in [0.29, 0.717) is 6.61 Å². The first-order valence-corrected chi connectivity index (χ1v) is 15.6. The van der Waals surface area contributed by atoms with E-state index < -0.39 is 0 Å². The van der Waals surface area contributed by atoms with Gasteiger partial charge in [0.1, 0.15) is 18.5 Å². The van der Waals surface area contributed by atoms with Crippen LogP contribution in [0.1, 0.15) is 0 Å². The molecule has 7 aromatic rings. The Hall–Kier alpha value is -5.98. The van der Waals surface area contributed by atoms with Crippen molar-refractivity contribution in [1.82, 2.24) is 19.9 Å².